The topological polar surface area (TPSA) is 88.8 Å². The van der Waals surface area contributed by atoms with Crippen molar-refractivity contribution in [2.24, 2.45) is 5.41 Å². The van der Waals surface area contributed by atoms with Crippen LogP contribution >= 0.6 is 0 Å². The summed E-state index contributed by atoms with van der Waals surface area (Å²) in [7, 11) is 0. The van der Waals surface area contributed by atoms with Gasteiger partial charge in [-0.25, -0.2) is 0 Å². The first kappa shape index (κ1) is 30.4. The minimum absolute atomic E-state index is 0.0651. The number of para-hydroxylation sites is 1. The summed E-state index contributed by atoms with van der Waals surface area (Å²) in [5.41, 5.74) is 3.37. The zero-order valence-corrected chi connectivity index (χ0v) is 24.6. The van der Waals surface area contributed by atoms with Gasteiger partial charge in [-0.05, 0) is 69.7 Å². The maximum absolute atomic E-state index is 12.7. The van der Waals surface area contributed by atoms with Gasteiger partial charge in [-0.1, -0.05) is 55.5 Å². The molecule has 218 valence electrons. The number of carbonyl (C=O) groups excluding carboxylic acids is 3. The first-order chi connectivity index (χ1) is 19.7. The van der Waals surface area contributed by atoms with Crippen molar-refractivity contribution in [2.75, 3.05) is 13.1 Å². The molecule has 1 N–H and O–H groups in total. The highest BCUT2D eigenvalue weighted by molar-refractivity contribution is 5.91. The predicted octanol–water partition coefficient (Wildman–Crippen LogP) is 5.95. The number of aromatic nitrogens is 1. The molecule has 1 aromatic heterocycles. The lowest BCUT2D eigenvalue weighted by Gasteiger charge is -2.51. The van der Waals surface area contributed by atoms with E-state index in [9.17, 15) is 9.90 Å². The van der Waals surface area contributed by atoms with Crippen LogP contribution in [0.25, 0.3) is 10.9 Å². The molecule has 3 atom stereocenters. The van der Waals surface area contributed by atoms with E-state index in [1.165, 1.54) is 10.9 Å². The SMILES string of the molecule is CCC12CCCN(/C=C/C(=O)Cc3ccccc3)CCc3c(n(c4ccccc34)C(C)(O)C1)C2OC(C)C.O=C=O. The van der Waals surface area contributed by atoms with Gasteiger partial charge in [-0.15, -0.1) is 0 Å². The zero-order chi connectivity index (χ0) is 29.6. The van der Waals surface area contributed by atoms with Gasteiger partial charge in [0.2, 0.25) is 0 Å². The monoisotopic (exact) mass is 558 g/mol. The van der Waals surface area contributed by atoms with Gasteiger partial charge in [0.1, 0.15) is 11.8 Å². The standard InChI is InChI=1S/C33H42N2O3.CO2/c1-5-33-18-11-19-34(20-16-26(36)22-25-12-7-6-8-13-25)21-17-28-27-14-9-10-15-29(27)35(32(4,37)23-33)30(28)31(33)38-24(2)3;2-1-3/h6-10,12-16,20,24,31,37H,5,11,17-19,21-23H2,1-4H3;/b20-16+;. The molecule has 0 fully saturated rings. The van der Waals surface area contributed by atoms with Gasteiger partial charge < -0.3 is 19.3 Å². The van der Waals surface area contributed by atoms with Gasteiger partial charge in [0.15, 0.2) is 5.78 Å². The molecular formula is C34H42N2O5. The summed E-state index contributed by atoms with van der Waals surface area (Å²) in [6.07, 6.45) is 8.81. The zero-order valence-electron chi connectivity index (χ0n) is 24.6. The van der Waals surface area contributed by atoms with Crippen LogP contribution in [0.2, 0.25) is 0 Å². The van der Waals surface area contributed by atoms with Crippen molar-refractivity contribution in [3.05, 3.63) is 83.7 Å². The van der Waals surface area contributed by atoms with E-state index < -0.39 is 5.72 Å². The summed E-state index contributed by atoms with van der Waals surface area (Å²) in [5.74, 6) is 0.121. The van der Waals surface area contributed by atoms with Crippen LogP contribution in [0.1, 0.15) is 76.3 Å². The van der Waals surface area contributed by atoms with Crippen molar-refractivity contribution in [3.8, 4) is 0 Å². The Morgan fingerprint density at radius 2 is 1.80 bits per heavy atom. The highest BCUT2D eigenvalue weighted by atomic mass is 16.5. The molecule has 41 heavy (non-hydrogen) atoms. The molecule has 0 radical (unpaired) electrons. The van der Waals surface area contributed by atoms with Crippen LogP contribution in [0.3, 0.4) is 0 Å². The van der Waals surface area contributed by atoms with Crippen LogP contribution in [-0.2, 0) is 37.7 Å². The number of benzene rings is 2. The van der Waals surface area contributed by atoms with Gasteiger partial charge in [-0.3, -0.25) is 4.79 Å². The van der Waals surface area contributed by atoms with E-state index in [0.29, 0.717) is 12.8 Å². The molecule has 2 aromatic carbocycles. The number of rotatable bonds is 7. The second-order valence-corrected chi connectivity index (χ2v) is 11.8. The third-order valence-electron chi connectivity index (χ3n) is 8.57. The van der Waals surface area contributed by atoms with E-state index in [2.05, 4.69) is 54.5 Å². The molecule has 0 aliphatic carbocycles. The third-order valence-corrected chi connectivity index (χ3v) is 8.57. The van der Waals surface area contributed by atoms with E-state index in [1.807, 2.05) is 43.5 Å². The van der Waals surface area contributed by atoms with Crippen LogP contribution in [0.15, 0.2) is 66.9 Å². The molecule has 3 aromatic rings. The fourth-order valence-corrected chi connectivity index (χ4v) is 6.90. The Labute approximate surface area is 242 Å². The number of nitrogens with zero attached hydrogens (tertiary/aromatic N) is 2. The average Bonchev–Trinajstić information content (AvgIpc) is 3.28. The maximum atomic E-state index is 12.7. The van der Waals surface area contributed by atoms with E-state index in [1.54, 1.807) is 6.08 Å². The summed E-state index contributed by atoms with van der Waals surface area (Å²) >= 11 is 0. The molecule has 7 heteroatoms. The van der Waals surface area contributed by atoms with E-state index >= 15 is 0 Å². The highest BCUT2D eigenvalue weighted by Gasteiger charge is 2.52. The van der Waals surface area contributed by atoms with Crippen LogP contribution in [0.4, 0.5) is 0 Å². The Bertz CT molecular complexity index is 1400. The normalized spacial score (nSPS) is 24.1. The van der Waals surface area contributed by atoms with Gasteiger partial charge in [-0.2, -0.15) is 9.59 Å². The summed E-state index contributed by atoms with van der Waals surface area (Å²) in [5, 5.41) is 13.1. The Morgan fingerprint density at radius 3 is 2.49 bits per heavy atom. The fourth-order valence-electron chi connectivity index (χ4n) is 6.90. The molecule has 3 unspecified atom stereocenters. The fraction of sp³-hybridized carbons (Fsp3) is 0.471. The van der Waals surface area contributed by atoms with E-state index in [-0.39, 0.29) is 29.6 Å². The highest BCUT2D eigenvalue weighted by Crippen LogP contribution is 2.57. The Balaban J connectivity index is 0.00000124. The van der Waals surface area contributed by atoms with Gasteiger partial charge in [0.25, 0.3) is 0 Å². The van der Waals surface area contributed by atoms with E-state index in [0.717, 1.165) is 55.5 Å². The quantitative estimate of drug-likeness (QED) is 0.361. The van der Waals surface area contributed by atoms with Crippen LogP contribution < -0.4 is 0 Å². The van der Waals surface area contributed by atoms with Crippen molar-refractivity contribution in [3.63, 3.8) is 0 Å². The number of carbonyl (C=O) groups is 1. The second kappa shape index (κ2) is 13.0. The number of ketones is 1. The molecule has 3 heterocycles. The first-order valence-corrected chi connectivity index (χ1v) is 14.6. The van der Waals surface area contributed by atoms with Gasteiger partial charge >= 0.3 is 6.15 Å². The lowest BCUT2D eigenvalue weighted by Crippen LogP contribution is -2.49. The number of hydrogen-bond donors (Lipinski definition) is 1. The molecule has 0 amide bonds. The van der Waals surface area contributed by atoms with Crippen molar-refractivity contribution in [2.45, 2.75) is 84.2 Å². The minimum Gasteiger partial charge on any atom is -0.377 e. The predicted molar refractivity (Wildman–Crippen MR) is 158 cm³/mol. The number of ether oxygens (including phenoxy) is 1. The smallest absolute Gasteiger partial charge is 0.373 e. The number of fused-ring (bicyclic) bond motifs is 4. The lowest BCUT2D eigenvalue weighted by atomic mass is 9.66. The molecule has 7 nitrogen and oxygen atoms in total. The van der Waals surface area contributed by atoms with Crippen molar-refractivity contribution < 1.29 is 24.2 Å². The molecule has 2 bridgehead atoms. The Kier molecular flexibility index (Phi) is 9.64. The number of aliphatic hydroxyl groups is 1. The molecule has 0 saturated carbocycles. The van der Waals surface area contributed by atoms with Gasteiger partial charge in [0.05, 0.1) is 17.3 Å². The number of hydrogen-bond acceptors (Lipinski definition) is 6. The summed E-state index contributed by atoms with van der Waals surface area (Å²) in [6, 6.07) is 18.4. The Hall–Kier alpha value is -3.51. The van der Waals surface area contributed by atoms with Crippen LogP contribution in [0.5, 0.6) is 0 Å². The van der Waals surface area contributed by atoms with Gasteiger partial charge in [0, 0.05) is 42.9 Å². The van der Waals surface area contributed by atoms with Crippen molar-refractivity contribution in [1.29, 1.82) is 0 Å². The first-order valence-electron chi connectivity index (χ1n) is 14.6. The summed E-state index contributed by atoms with van der Waals surface area (Å²) in [6.45, 7) is 10.1. The maximum Gasteiger partial charge on any atom is 0.373 e. The molecule has 2 aliphatic rings. The largest absolute Gasteiger partial charge is 0.377 e. The van der Waals surface area contributed by atoms with Crippen molar-refractivity contribution >= 4 is 22.8 Å². The summed E-state index contributed by atoms with van der Waals surface area (Å²) in [4.78, 5) is 31.3. The molecular weight excluding hydrogens is 516 g/mol. The second-order valence-electron chi connectivity index (χ2n) is 11.8. The molecule has 0 spiro atoms. The number of allylic oxidation sites excluding steroid dienone is 1. The molecule has 5 rings (SSSR count). The van der Waals surface area contributed by atoms with Crippen LogP contribution in [0, 0.1) is 5.41 Å². The molecule has 2 aliphatic heterocycles. The molecule has 0 saturated heterocycles. The Morgan fingerprint density at radius 1 is 1.12 bits per heavy atom. The minimum atomic E-state index is -0.983. The van der Waals surface area contributed by atoms with Crippen molar-refractivity contribution in [1.82, 2.24) is 9.47 Å². The third kappa shape index (κ3) is 6.54. The summed E-state index contributed by atoms with van der Waals surface area (Å²) < 4.78 is 8.94. The average molecular weight is 559 g/mol. The van der Waals surface area contributed by atoms with Crippen LogP contribution in [-0.4, -0.2) is 45.7 Å². The lowest BCUT2D eigenvalue weighted by molar-refractivity contribution is -0.191. The van der Waals surface area contributed by atoms with E-state index in [4.69, 9.17) is 14.3 Å².